The van der Waals surface area contributed by atoms with Crippen molar-refractivity contribution in [3.05, 3.63) is 64.8 Å². The Morgan fingerprint density at radius 2 is 2.10 bits per heavy atom. The predicted octanol–water partition coefficient (Wildman–Crippen LogP) is 3.62. The van der Waals surface area contributed by atoms with Crippen molar-refractivity contribution in [3.63, 3.8) is 0 Å². The summed E-state index contributed by atoms with van der Waals surface area (Å²) >= 11 is 6.13. The van der Waals surface area contributed by atoms with Crippen molar-refractivity contribution >= 4 is 40.1 Å². The van der Waals surface area contributed by atoms with E-state index < -0.39 is 5.97 Å². The number of carbonyl (C=O) groups excluding carboxylic acids is 2. The van der Waals surface area contributed by atoms with E-state index in [4.69, 9.17) is 20.8 Å². The first-order chi connectivity index (χ1) is 13.9. The smallest absolute Gasteiger partial charge is 0.342 e. The Hall–Kier alpha value is -3.39. The average Bonchev–Trinajstić information content (AvgIpc) is 3.28. The molecule has 0 aliphatic carbocycles. The highest BCUT2D eigenvalue weighted by Gasteiger charge is 2.19. The van der Waals surface area contributed by atoms with Gasteiger partial charge < -0.3 is 14.5 Å². The van der Waals surface area contributed by atoms with Crippen LogP contribution in [0.4, 0.5) is 0 Å². The molecule has 0 bridgehead atoms. The molecule has 8 nitrogen and oxygen atoms in total. The largest absolute Gasteiger partial charge is 0.459 e. The third-order valence-corrected chi connectivity index (χ3v) is 4.36. The number of hydrogen-bond donors (Lipinski definition) is 1. The molecule has 4 rings (SSSR count). The van der Waals surface area contributed by atoms with Crippen LogP contribution in [0.2, 0.25) is 5.02 Å². The Morgan fingerprint density at radius 3 is 2.90 bits per heavy atom. The van der Waals surface area contributed by atoms with E-state index in [2.05, 4.69) is 15.4 Å². The van der Waals surface area contributed by atoms with Crippen LogP contribution in [-0.4, -0.2) is 32.6 Å². The van der Waals surface area contributed by atoms with Crippen LogP contribution < -0.4 is 5.32 Å². The lowest BCUT2D eigenvalue weighted by molar-refractivity contribution is 0.0379. The second-order valence-corrected chi connectivity index (χ2v) is 7.10. The Morgan fingerprint density at radius 1 is 1.28 bits per heavy atom. The van der Waals surface area contributed by atoms with E-state index in [1.807, 2.05) is 0 Å². The first-order valence-corrected chi connectivity index (χ1v) is 9.29. The molecule has 0 spiro atoms. The lowest BCUT2D eigenvalue weighted by atomic mass is 10.1. The number of nitrogens with one attached hydrogen (secondary N) is 1. The molecule has 1 amide bonds. The first kappa shape index (κ1) is 18.9. The molecule has 0 fully saturated rings. The molecule has 4 aromatic rings. The summed E-state index contributed by atoms with van der Waals surface area (Å²) in [6.07, 6.45) is 4.48. The molecule has 1 aromatic carbocycles. The molecular formula is C20H17ClN4O4. The maximum atomic E-state index is 12.5. The number of benzene rings is 1. The number of fused-ring (bicyclic) bond motifs is 2. The summed E-state index contributed by atoms with van der Waals surface area (Å²) in [5, 5.41) is 7.91. The van der Waals surface area contributed by atoms with Crippen molar-refractivity contribution in [2.24, 2.45) is 0 Å². The van der Waals surface area contributed by atoms with Crippen molar-refractivity contribution in [3.8, 4) is 0 Å². The van der Waals surface area contributed by atoms with Gasteiger partial charge in [0.2, 0.25) is 0 Å². The summed E-state index contributed by atoms with van der Waals surface area (Å²) in [5.41, 5.74) is 1.42. The third kappa shape index (κ3) is 3.79. The van der Waals surface area contributed by atoms with Gasteiger partial charge in [-0.2, -0.15) is 5.10 Å². The summed E-state index contributed by atoms with van der Waals surface area (Å²) in [5.74, 6) is -0.384. The molecule has 29 heavy (non-hydrogen) atoms. The minimum Gasteiger partial charge on any atom is -0.459 e. The van der Waals surface area contributed by atoms with Gasteiger partial charge in [0, 0.05) is 22.8 Å². The molecule has 0 saturated heterocycles. The van der Waals surface area contributed by atoms with Crippen LogP contribution in [0.1, 0.15) is 40.3 Å². The number of aromatic nitrogens is 3. The number of hydrogen-bond acceptors (Lipinski definition) is 6. The van der Waals surface area contributed by atoms with Crippen molar-refractivity contribution in [1.82, 2.24) is 19.9 Å². The molecule has 3 aromatic heterocycles. The molecule has 0 radical (unpaired) electrons. The second-order valence-electron chi connectivity index (χ2n) is 6.67. The van der Waals surface area contributed by atoms with Crippen molar-refractivity contribution < 1.29 is 18.7 Å². The van der Waals surface area contributed by atoms with Crippen molar-refractivity contribution in [1.29, 1.82) is 0 Å². The summed E-state index contributed by atoms with van der Waals surface area (Å²) in [4.78, 5) is 29.0. The first-order valence-electron chi connectivity index (χ1n) is 8.92. The zero-order chi connectivity index (χ0) is 20.5. The Labute approximate surface area is 170 Å². The SMILES string of the molecule is CC(C)OC(=O)c1cc(Cl)cc2cc(CNC(=O)c3cnn4cccnc34)oc12. The van der Waals surface area contributed by atoms with Gasteiger partial charge in [0.1, 0.15) is 22.5 Å². The number of nitrogens with zero attached hydrogens (tertiary/aromatic N) is 3. The van der Waals surface area contributed by atoms with Crippen molar-refractivity contribution in [2.45, 2.75) is 26.5 Å². The third-order valence-electron chi connectivity index (χ3n) is 4.14. The van der Waals surface area contributed by atoms with Gasteiger partial charge >= 0.3 is 5.97 Å². The van der Waals surface area contributed by atoms with Crippen LogP contribution in [0.3, 0.4) is 0 Å². The number of esters is 1. The van der Waals surface area contributed by atoms with Gasteiger partial charge in [-0.05, 0) is 38.1 Å². The molecule has 3 heterocycles. The molecule has 1 N–H and O–H groups in total. The fourth-order valence-corrected chi connectivity index (χ4v) is 3.16. The molecule has 148 valence electrons. The topological polar surface area (TPSA) is 98.7 Å². The number of rotatable bonds is 5. The van der Waals surface area contributed by atoms with E-state index in [9.17, 15) is 9.59 Å². The zero-order valence-corrected chi connectivity index (χ0v) is 16.4. The van der Waals surface area contributed by atoms with Crippen LogP contribution in [0.15, 0.2) is 47.3 Å². The van der Waals surface area contributed by atoms with Crippen LogP contribution in [0, 0.1) is 0 Å². The maximum absolute atomic E-state index is 12.5. The normalized spacial score (nSPS) is 11.3. The number of carbonyl (C=O) groups is 2. The fraction of sp³-hybridized carbons (Fsp3) is 0.200. The van der Waals surface area contributed by atoms with E-state index >= 15 is 0 Å². The van der Waals surface area contributed by atoms with E-state index in [-0.39, 0.29) is 24.1 Å². The number of halogens is 1. The minimum absolute atomic E-state index is 0.119. The summed E-state index contributed by atoms with van der Waals surface area (Å²) in [7, 11) is 0. The van der Waals surface area contributed by atoms with E-state index in [0.717, 1.165) is 0 Å². The lowest BCUT2D eigenvalue weighted by Crippen LogP contribution is -2.22. The van der Waals surface area contributed by atoms with Gasteiger partial charge in [-0.1, -0.05) is 11.6 Å². The predicted molar refractivity (Wildman–Crippen MR) is 106 cm³/mol. The van der Waals surface area contributed by atoms with Gasteiger partial charge in [0.05, 0.1) is 18.8 Å². The fourth-order valence-electron chi connectivity index (χ4n) is 2.94. The summed E-state index contributed by atoms with van der Waals surface area (Å²) in [6, 6.07) is 6.64. The number of ether oxygens (including phenoxy) is 1. The Bertz CT molecular complexity index is 1230. The van der Waals surface area contributed by atoms with Gasteiger partial charge in [-0.25, -0.2) is 14.3 Å². The van der Waals surface area contributed by atoms with Crippen LogP contribution in [-0.2, 0) is 11.3 Å². The maximum Gasteiger partial charge on any atom is 0.342 e. The van der Waals surface area contributed by atoms with Crippen LogP contribution >= 0.6 is 11.6 Å². The molecule has 9 heteroatoms. The highest BCUT2D eigenvalue weighted by atomic mass is 35.5. The number of amides is 1. The Kier molecular flexibility index (Phi) is 4.94. The standard InChI is InChI=1S/C20H17ClN4O4/c1-11(2)28-20(27)15-8-13(21)6-12-7-14(29-17(12)15)9-23-19(26)16-10-24-25-5-3-4-22-18(16)25/h3-8,10-11H,9H2,1-2H3,(H,23,26). The quantitative estimate of drug-likeness (QED) is 0.502. The highest BCUT2D eigenvalue weighted by Crippen LogP contribution is 2.28. The van der Waals surface area contributed by atoms with Gasteiger partial charge in [-0.15, -0.1) is 0 Å². The highest BCUT2D eigenvalue weighted by molar-refractivity contribution is 6.32. The monoisotopic (exact) mass is 412 g/mol. The van der Waals surface area contributed by atoms with Gasteiger partial charge in [0.15, 0.2) is 5.65 Å². The van der Waals surface area contributed by atoms with Gasteiger partial charge in [-0.3, -0.25) is 4.79 Å². The van der Waals surface area contributed by atoms with E-state index in [1.165, 1.54) is 16.8 Å². The van der Waals surface area contributed by atoms with Crippen molar-refractivity contribution in [2.75, 3.05) is 0 Å². The number of furan rings is 1. The average molecular weight is 413 g/mol. The summed E-state index contributed by atoms with van der Waals surface area (Å²) < 4.78 is 12.6. The zero-order valence-electron chi connectivity index (χ0n) is 15.7. The molecule has 0 atom stereocenters. The second kappa shape index (κ2) is 7.56. The van der Waals surface area contributed by atoms with E-state index in [0.29, 0.717) is 33.0 Å². The Balaban J connectivity index is 1.57. The molecule has 0 aliphatic heterocycles. The van der Waals surface area contributed by atoms with Gasteiger partial charge in [0.25, 0.3) is 5.91 Å². The molecule has 0 saturated carbocycles. The summed E-state index contributed by atoms with van der Waals surface area (Å²) in [6.45, 7) is 3.64. The molecular weight excluding hydrogens is 396 g/mol. The van der Waals surface area contributed by atoms with Crippen LogP contribution in [0.25, 0.3) is 16.6 Å². The molecule has 0 unspecified atom stereocenters. The lowest BCUT2D eigenvalue weighted by Gasteiger charge is -2.08. The molecule has 0 aliphatic rings. The minimum atomic E-state index is -0.519. The van der Waals surface area contributed by atoms with E-state index in [1.54, 1.807) is 44.4 Å². The van der Waals surface area contributed by atoms with Crippen LogP contribution in [0.5, 0.6) is 0 Å².